The smallest absolute Gasteiger partial charge is 0.243 e. The molecule has 1 N–H and O–H groups in total. The largest absolute Gasteiger partial charge is 0.338 e. The van der Waals surface area contributed by atoms with Gasteiger partial charge in [-0.2, -0.15) is 4.98 Å². The molecule has 0 aromatic carbocycles. The number of rotatable bonds is 4. The molecule has 0 bridgehead atoms. The maximum atomic E-state index is 5.27. The minimum absolute atomic E-state index is 0.164. The molecule has 2 rings (SSSR count). The quantitative estimate of drug-likeness (QED) is 0.827. The van der Waals surface area contributed by atoms with Crippen LogP contribution in [0.5, 0.6) is 0 Å². The summed E-state index contributed by atoms with van der Waals surface area (Å²) < 4.78 is 5.27. The standard InChI is InChI=1S/C11H19N3O/c1-3-12-8(2)11-13-10(14-15-11)9-6-4-5-7-9/h8-9,12H,3-7H2,1-2H3. The van der Waals surface area contributed by atoms with Crippen molar-refractivity contribution >= 4 is 0 Å². The van der Waals surface area contributed by atoms with E-state index in [-0.39, 0.29) is 6.04 Å². The average molecular weight is 209 g/mol. The van der Waals surface area contributed by atoms with E-state index in [1.807, 2.05) is 0 Å². The molecule has 1 aliphatic rings. The van der Waals surface area contributed by atoms with Gasteiger partial charge in [0.05, 0.1) is 6.04 Å². The molecule has 4 heteroatoms. The number of hydrogen-bond donors (Lipinski definition) is 1. The molecule has 1 saturated carbocycles. The molecule has 0 radical (unpaired) electrons. The van der Waals surface area contributed by atoms with Crippen LogP contribution in [0.3, 0.4) is 0 Å². The molecule has 15 heavy (non-hydrogen) atoms. The molecule has 0 spiro atoms. The zero-order valence-electron chi connectivity index (χ0n) is 9.49. The van der Waals surface area contributed by atoms with Crippen LogP contribution in [-0.2, 0) is 0 Å². The zero-order chi connectivity index (χ0) is 10.7. The van der Waals surface area contributed by atoms with Crippen molar-refractivity contribution in [3.8, 4) is 0 Å². The average Bonchev–Trinajstić information content (AvgIpc) is 2.89. The van der Waals surface area contributed by atoms with Crippen molar-refractivity contribution in [1.29, 1.82) is 0 Å². The van der Waals surface area contributed by atoms with Crippen molar-refractivity contribution in [3.05, 3.63) is 11.7 Å². The third-order valence-corrected chi connectivity index (χ3v) is 3.06. The van der Waals surface area contributed by atoms with Crippen molar-refractivity contribution in [2.24, 2.45) is 0 Å². The van der Waals surface area contributed by atoms with Crippen molar-refractivity contribution in [3.63, 3.8) is 0 Å². The lowest BCUT2D eigenvalue weighted by Gasteiger charge is -2.05. The van der Waals surface area contributed by atoms with Crippen LogP contribution >= 0.6 is 0 Å². The van der Waals surface area contributed by atoms with E-state index < -0.39 is 0 Å². The molecule has 1 aromatic heterocycles. The fourth-order valence-corrected chi connectivity index (χ4v) is 2.17. The van der Waals surface area contributed by atoms with Gasteiger partial charge in [-0.25, -0.2) is 0 Å². The lowest BCUT2D eigenvalue weighted by molar-refractivity contribution is 0.336. The van der Waals surface area contributed by atoms with Crippen molar-refractivity contribution in [2.75, 3.05) is 6.54 Å². The Kier molecular flexibility index (Phi) is 3.36. The van der Waals surface area contributed by atoms with Crippen LogP contribution in [-0.4, -0.2) is 16.7 Å². The van der Waals surface area contributed by atoms with Gasteiger partial charge in [0.15, 0.2) is 5.82 Å². The maximum Gasteiger partial charge on any atom is 0.243 e. The van der Waals surface area contributed by atoms with Gasteiger partial charge in [-0.05, 0) is 26.3 Å². The Labute approximate surface area is 90.4 Å². The molecule has 0 amide bonds. The highest BCUT2D eigenvalue weighted by Gasteiger charge is 2.23. The summed E-state index contributed by atoms with van der Waals surface area (Å²) in [6, 6.07) is 0.164. The SMILES string of the molecule is CCNC(C)c1nc(C2CCCC2)no1. The first-order valence-electron chi connectivity index (χ1n) is 5.88. The van der Waals surface area contributed by atoms with Gasteiger partial charge >= 0.3 is 0 Å². The van der Waals surface area contributed by atoms with Crippen LogP contribution < -0.4 is 5.32 Å². The second-order valence-corrected chi connectivity index (χ2v) is 4.25. The van der Waals surface area contributed by atoms with Gasteiger partial charge in [-0.1, -0.05) is 24.9 Å². The molecule has 1 fully saturated rings. The lowest BCUT2D eigenvalue weighted by Crippen LogP contribution is -2.18. The van der Waals surface area contributed by atoms with Crippen LogP contribution in [0.25, 0.3) is 0 Å². The Morgan fingerprint density at radius 3 is 2.87 bits per heavy atom. The summed E-state index contributed by atoms with van der Waals surface area (Å²) >= 11 is 0. The van der Waals surface area contributed by atoms with E-state index in [1.54, 1.807) is 0 Å². The minimum atomic E-state index is 0.164. The van der Waals surface area contributed by atoms with Gasteiger partial charge < -0.3 is 9.84 Å². The molecule has 1 aromatic rings. The van der Waals surface area contributed by atoms with Gasteiger partial charge in [0.1, 0.15) is 0 Å². The predicted molar refractivity (Wildman–Crippen MR) is 57.6 cm³/mol. The van der Waals surface area contributed by atoms with Gasteiger partial charge in [0.2, 0.25) is 5.89 Å². The minimum Gasteiger partial charge on any atom is -0.338 e. The first-order chi connectivity index (χ1) is 7.31. The van der Waals surface area contributed by atoms with Crippen LogP contribution in [0.4, 0.5) is 0 Å². The van der Waals surface area contributed by atoms with Crippen LogP contribution in [0.15, 0.2) is 4.52 Å². The lowest BCUT2D eigenvalue weighted by atomic mass is 10.1. The van der Waals surface area contributed by atoms with Crippen LogP contribution in [0.1, 0.15) is 63.2 Å². The fraction of sp³-hybridized carbons (Fsp3) is 0.818. The van der Waals surface area contributed by atoms with E-state index >= 15 is 0 Å². The van der Waals surface area contributed by atoms with Gasteiger partial charge in [0.25, 0.3) is 0 Å². The normalized spacial score (nSPS) is 19.6. The summed E-state index contributed by atoms with van der Waals surface area (Å²) in [6.45, 7) is 5.04. The molecule has 0 saturated heterocycles. The Bertz CT molecular complexity index is 305. The van der Waals surface area contributed by atoms with Crippen LogP contribution in [0, 0.1) is 0 Å². The topological polar surface area (TPSA) is 51.0 Å². The second kappa shape index (κ2) is 4.75. The van der Waals surface area contributed by atoms with E-state index in [0.29, 0.717) is 5.92 Å². The Balaban J connectivity index is 2.02. The molecule has 1 atom stereocenters. The third kappa shape index (κ3) is 2.37. The molecule has 1 unspecified atom stereocenters. The Hall–Kier alpha value is -0.900. The van der Waals surface area contributed by atoms with E-state index in [9.17, 15) is 0 Å². The van der Waals surface area contributed by atoms with Crippen molar-refractivity contribution in [2.45, 2.75) is 51.5 Å². The summed E-state index contributed by atoms with van der Waals surface area (Å²) in [5.41, 5.74) is 0. The fourth-order valence-electron chi connectivity index (χ4n) is 2.17. The third-order valence-electron chi connectivity index (χ3n) is 3.06. The van der Waals surface area contributed by atoms with Gasteiger partial charge in [0, 0.05) is 5.92 Å². The molecule has 0 aliphatic heterocycles. The maximum absolute atomic E-state index is 5.27. The molecule has 4 nitrogen and oxygen atoms in total. The Morgan fingerprint density at radius 2 is 2.20 bits per heavy atom. The zero-order valence-corrected chi connectivity index (χ0v) is 9.49. The highest BCUT2D eigenvalue weighted by Crippen LogP contribution is 2.32. The number of hydrogen-bond acceptors (Lipinski definition) is 4. The number of nitrogens with zero attached hydrogens (tertiary/aromatic N) is 2. The van der Waals surface area contributed by atoms with Crippen molar-refractivity contribution in [1.82, 2.24) is 15.5 Å². The van der Waals surface area contributed by atoms with E-state index in [0.717, 1.165) is 18.3 Å². The molecular weight excluding hydrogens is 190 g/mol. The summed E-state index contributed by atoms with van der Waals surface area (Å²) in [4.78, 5) is 4.47. The summed E-state index contributed by atoms with van der Waals surface area (Å²) in [6.07, 6.45) is 5.04. The second-order valence-electron chi connectivity index (χ2n) is 4.25. The van der Waals surface area contributed by atoms with Gasteiger partial charge in [-0.15, -0.1) is 0 Å². The highest BCUT2D eigenvalue weighted by atomic mass is 16.5. The molecule has 84 valence electrons. The molecule has 1 aliphatic carbocycles. The summed E-state index contributed by atoms with van der Waals surface area (Å²) in [5, 5.41) is 7.34. The first kappa shape index (κ1) is 10.6. The summed E-state index contributed by atoms with van der Waals surface area (Å²) in [5.74, 6) is 2.17. The summed E-state index contributed by atoms with van der Waals surface area (Å²) in [7, 11) is 0. The first-order valence-corrected chi connectivity index (χ1v) is 5.88. The van der Waals surface area contributed by atoms with E-state index in [4.69, 9.17) is 4.52 Å². The van der Waals surface area contributed by atoms with E-state index in [2.05, 4.69) is 29.3 Å². The number of nitrogens with one attached hydrogen (secondary N) is 1. The van der Waals surface area contributed by atoms with Crippen LogP contribution in [0.2, 0.25) is 0 Å². The highest BCUT2D eigenvalue weighted by molar-refractivity contribution is 4.99. The predicted octanol–water partition coefficient (Wildman–Crippen LogP) is 2.40. The Morgan fingerprint density at radius 1 is 1.47 bits per heavy atom. The monoisotopic (exact) mass is 209 g/mol. The van der Waals surface area contributed by atoms with Gasteiger partial charge in [-0.3, -0.25) is 0 Å². The molecule has 1 heterocycles. The number of aromatic nitrogens is 2. The van der Waals surface area contributed by atoms with E-state index in [1.165, 1.54) is 25.7 Å². The molecular formula is C11H19N3O. The van der Waals surface area contributed by atoms with Crippen molar-refractivity contribution < 1.29 is 4.52 Å².